The van der Waals surface area contributed by atoms with Gasteiger partial charge in [-0.05, 0) is 54.8 Å². The molecule has 0 bridgehead atoms. The SMILES string of the molecule is CC1(c2cccc(NS(=O)(=O)c3ccc4c(c3)CCC(=O)N4)c2)NC(=O)NC1=O. The van der Waals surface area contributed by atoms with Crippen molar-refractivity contribution in [1.29, 1.82) is 0 Å². The molecule has 0 radical (unpaired) electrons. The van der Waals surface area contributed by atoms with E-state index in [0.29, 0.717) is 24.1 Å². The van der Waals surface area contributed by atoms with Gasteiger partial charge in [-0.2, -0.15) is 0 Å². The maximum Gasteiger partial charge on any atom is 0.322 e. The smallest absolute Gasteiger partial charge is 0.322 e. The molecule has 10 heteroatoms. The van der Waals surface area contributed by atoms with E-state index < -0.39 is 27.5 Å². The van der Waals surface area contributed by atoms with Gasteiger partial charge in [0.25, 0.3) is 15.9 Å². The van der Waals surface area contributed by atoms with Crippen molar-refractivity contribution in [2.24, 2.45) is 0 Å². The third kappa shape index (κ3) is 3.42. The summed E-state index contributed by atoms with van der Waals surface area (Å²) in [6.45, 7) is 1.54. The zero-order chi connectivity index (χ0) is 20.8. The van der Waals surface area contributed by atoms with E-state index in [1.165, 1.54) is 18.2 Å². The number of urea groups is 1. The molecule has 2 aliphatic heterocycles. The van der Waals surface area contributed by atoms with Crippen LogP contribution in [0.3, 0.4) is 0 Å². The quantitative estimate of drug-likeness (QED) is 0.562. The second-order valence-corrected chi connectivity index (χ2v) is 8.77. The molecule has 0 spiro atoms. The first-order valence-corrected chi connectivity index (χ1v) is 10.4. The van der Waals surface area contributed by atoms with Crippen LogP contribution >= 0.6 is 0 Å². The van der Waals surface area contributed by atoms with Gasteiger partial charge < -0.3 is 10.6 Å². The van der Waals surface area contributed by atoms with Crippen molar-refractivity contribution in [3.63, 3.8) is 0 Å². The van der Waals surface area contributed by atoms with Crippen molar-refractivity contribution < 1.29 is 22.8 Å². The van der Waals surface area contributed by atoms with Crippen LogP contribution in [0, 0.1) is 0 Å². The molecular weight excluding hydrogens is 396 g/mol. The standard InChI is InChI=1S/C19H18N4O5S/c1-19(17(25)21-18(26)22-19)12-3-2-4-13(10-12)23-29(27,28)14-6-7-15-11(9-14)5-8-16(24)20-15/h2-4,6-7,9-10,23H,5,8H2,1H3,(H,20,24)(H2,21,22,25,26). The van der Waals surface area contributed by atoms with Gasteiger partial charge in [-0.25, -0.2) is 13.2 Å². The van der Waals surface area contributed by atoms with E-state index in [-0.39, 0.29) is 16.5 Å². The normalized spacial score (nSPS) is 21.1. The molecule has 4 N–H and O–H groups in total. The first-order valence-electron chi connectivity index (χ1n) is 8.87. The fraction of sp³-hybridized carbons (Fsp3) is 0.211. The third-order valence-electron chi connectivity index (χ3n) is 5.02. The fourth-order valence-corrected chi connectivity index (χ4v) is 4.48. The largest absolute Gasteiger partial charge is 0.326 e. The van der Waals surface area contributed by atoms with Crippen molar-refractivity contribution in [3.8, 4) is 0 Å². The van der Waals surface area contributed by atoms with E-state index in [2.05, 4.69) is 20.7 Å². The molecule has 1 fully saturated rings. The van der Waals surface area contributed by atoms with Crippen LogP contribution in [0.5, 0.6) is 0 Å². The number of benzene rings is 2. The third-order valence-corrected chi connectivity index (χ3v) is 6.40. The number of rotatable bonds is 4. The number of hydrogen-bond donors (Lipinski definition) is 4. The summed E-state index contributed by atoms with van der Waals surface area (Å²) < 4.78 is 28.2. The van der Waals surface area contributed by atoms with E-state index in [9.17, 15) is 22.8 Å². The number of carbonyl (C=O) groups excluding carboxylic acids is 3. The van der Waals surface area contributed by atoms with E-state index in [1.54, 1.807) is 31.2 Å². The number of fused-ring (bicyclic) bond motifs is 1. The molecule has 0 aromatic heterocycles. The van der Waals surface area contributed by atoms with Crippen molar-refractivity contribution in [1.82, 2.24) is 10.6 Å². The molecule has 4 amide bonds. The zero-order valence-corrected chi connectivity index (χ0v) is 16.2. The van der Waals surface area contributed by atoms with Crippen LogP contribution in [0.1, 0.15) is 24.5 Å². The highest BCUT2D eigenvalue weighted by Crippen LogP contribution is 2.29. The lowest BCUT2D eigenvalue weighted by Crippen LogP contribution is -2.40. The highest BCUT2D eigenvalue weighted by molar-refractivity contribution is 7.92. The summed E-state index contributed by atoms with van der Waals surface area (Å²) in [6, 6.07) is 10.2. The number of sulfonamides is 1. The number of amides is 4. The van der Waals surface area contributed by atoms with Gasteiger partial charge in [-0.15, -0.1) is 0 Å². The summed E-state index contributed by atoms with van der Waals surface area (Å²) in [5.74, 6) is -0.612. The molecule has 4 rings (SSSR count). The Hall–Kier alpha value is -3.40. The van der Waals surface area contributed by atoms with Crippen LogP contribution in [0.2, 0.25) is 0 Å². The van der Waals surface area contributed by atoms with Gasteiger partial charge in [-0.3, -0.25) is 19.6 Å². The molecule has 1 saturated heterocycles. The molecule has 150 valence electrons. The Morgan fingerprint density at radius 3 is 2.52 bits per heavy atom. The molecule has 2 aliphatic rings. The maximum atomic E-state index is 12.8. The molecule has 29 heavy (non-hydrogen) atoms. The minimum absolute atomic E-state index is 0.0657. The van der Waals surface area contributed by atoms with Gasteiger partial charge in [0.05, 0.1) is 4.90 Å². The van der Waals surface area contributed by atoms with Crippen molar-refractivity contribution in [3.05, 3.63) is 53.6 Å². The second-order valence-electron chi connectivity index (χ2n) is 7.09. The van der Waals surface area contributed by atoms with Crippen LogP contribution in [-0.4, -0.2) is 26.3 Å². The van der Waals surface area contributed by atoms with Crippen LogP contribution in [-0.2, 0) is 31.6 Å². The summed E-state index contributed by atoms with van der Waals surface area (Å²) in [7, 11) is -3.90. The highest BCUT2D eigenvalue weighted by atomic mass is 32.2. The summed E-state index contributed by atoms with van der Waals surface area (Å²) >= 11 is 0. The van der Waals surface area contributed by atoms with Crippen LogP contribution in [0.15, 0.2) is 47.4 Å². The van der Waals surface area contributed by atoms with Crippen LogP contribution in [0.4, 0.5) is 16.2 Å². The Morgan fingerprint density at radius 2 is 1.79 bits per heavy atom. The minimum Gasteiger partial charge on any atom is -0.326 e. The number of carbonyl (C=O) groups is 3. The molecule has 1 atom stereocenters. The molecule has 2 aromatic rings. The molecule has 2 aromatic carbocycles. The summed E-state index contributed by atoms with van der Waals surface area (Å²) in [4.78, 5) is 35.1. The maximum absolute atomic E-state index is 12.8. The van der Waals surface area contributed by atoms with Crippen molar-refractivity contribution >= 4 is 39.2 Å². The lowest BCUT2D eigenvalue weighted by molar-refractivity contribution is -0.123. The minimum atomic E-state index is -3.90. The number of nitrogens with one attached hydrogen (secondary N) is 4. The number of aryl methyl sites for hydroxylation is 1. The van der Waals surface area contributed by atoms with Gasteiger partial charge in [-0.1, -0.05) is 12.1 Å². The zero-order valence-electron chi connectivity index (χ0n) is 15.4. The van der Waals surface area contributed by atoms with Crippen LogP contribution in [0.25, 0.3) is 0 Å². The van der Waals surface area contributed by atoms with Crippen LogP contribution < -0.4 is 20.7 Å². The van der Waals surface area contributed by atoms with Crippen molar-refractivity contribution in [2.45, 2.75) is 30.2 Å². The fourth-order valence-electron chi connectivity index (χ4n) is 3.38. The van der Waals surface area contributed by atoms with Gasteiger partial charge in [0.15, 0.2) is 0 Å². The van der Waals surface area contributed by atoms with E-state index in [0.717, 1.165) is 5.56 Å². The molecule has 2 heterocycles. The molecule has 0 aliphatic carbocycles. The average Bonchev–Trinajstić information content (AvgIpc) is 2.94. The molecule has 1 unspecified atom stereocenters. The van der Waals surface area contributed by atoms with Gasteiger partial charge >= 0.3 is 6.03 Å². The van der Waals surface area contributed by atoms with Gasteiger partial charge in [0, 0.05) is 17.8 Å². The molecule has 9 nitrogen and oxygen atoms in total. The lowest BCUT2D eigenvalue weighted by Gasteiger charge is -2.22. The highest BCUT2D eigenvalue weighted by Gasteiger charge is 2.43. The first-order chi connectivity index (χ1) is 13.7. The van der Waals surface area contributed by atoms with E-state index in [1.807, 2.05) is 0 Å². The summed E-state index contributed by atoms with van der Waals surface area (Å²) in [5, 5.41) is 7.43. The first kappa shape index (κ1) is 18.9. The Kier molecular flexibility index (Phi) is 4.30. The Labute approximate surface area is 166 Å². The average molecular weight is 414 g/mol. The topological polar surface area (TPSA) is 133 Å². The van der Waals surface area contributed by atoms with E-state index in [4.69, 9.17) is 0 Å². The Balaban J connectivity index is 1.62. The predicted molar refractivity (Wildman–Crippen MR) is 105 cm³/mol. The number of imide groups is 1. The van der Waals surface area contributed by atoms with Gasteiger partial charge in [0.1, 0.15) is 5.54 Å². The Morgan fingerprint density at radius 1 is 1.00 bits per heavy atom. The second kappa shape index (κ2) is 6.59. The predicted octanol–water partition coefficient (Wildman–Crippen LogP) is 1.43. The molecular formula is C19H18N4O5S. The van der Waals surface area contributed by atoms with Crippen molar-refractivity contribution in [2.75, 3.05) is 10.0 Å². The monoisotopic (exact) mass is 414 g/mol. The van der Waals surface area contributed by atoms with E-state index >= 15 is 0 Å². The Bertz CT molecular complexity index is 1160. The summed E-state index contributed by atoms with van der Waals surface area (Å²) in [6.07, 6.45) is 0.769. The number of hydrogen-bond acceptors (Lipinski definition) is 5. The van der Waals surface area contributed by atoms with Gasteiger partial charge in [0.2, 0.25) is 5.91 Å². The molecule has 0 saturated carbocycles. The summed E-state index contributed by atoms with van der Waals surface area (Å²) in [5.41, 5.74) is 0.762. The lowest BCUT2D eigenvalue weighted by atomic mass is 9.92. The number of anilines is 2.